The molecule has 0 spiro atoms. The molecule has 0 fully saturated rings. The van der Waals surface area contributed by atoms with Gasteiger partial charge in [-0.15, -0.1) is 5.10 Å². The summed E-state index contributed by atoms with van der Waals surface area (Å²) in [5.41, 5.74) is 1.73. The summed E-state index contributed by atoms with van der Waals surface area (Å²) in [6.45, 7) is 0.137. The van der Waals surface area contributed by atoms with Gasteiger partial charge in [0.15, 0.2) is 5.76 Å². The van der Waals surface area contributed by atoms with Crippen molar-refractivity contribution in [2.45, 2.75) is 19.4 Å². The van der Waals surface area contributed by atoms with Gasteiger partial charge in [-0.2, -0.15) is 13.2 Å². The van der Waals surface area contributed by atoms with Gasteiger partial charge in [0.05, 0.1) is 31.4 Å². The Labute approximate surface area is 286 Å². The highest BCUT2D eigenvalue weighted by Gasteiger charge is 2.32. The van der Waals surface area contributed by atoms with Gasteiger partial charge in [-0.05, 0) is 58.9 Å². The molecular formula is C36H27F3N4O6S. The maximum Gasteiger partial charge on any atom is 0.416 e. The number of hydrogen-bond donors (Lipinski definition) is 1. The fraction of sp³-hybridized carbons (Fsp3) is 0.139. The van der Waals surface area contributed by atoms with E-state index in [4.69, 9.17) is 23.4 Å². The maximum atomic E-state index is 13.7. The number of carbonyl (C=O) groups excluding carboxylic acids is 1. The van der Waals surface area contributed by atoms with Crippen molar-refractivity contribution in [2.75, 3.05) is 19.5 Å². The highest BCUT2D eigenvalue weighted by molar-refractivity contribution is 7.18. The van der Waals surface area contributed by atoms with E-state index in [2.05, 4.69) is 15.4 Å². The molecule has 3 heterocycles. The van der Waals surface area contributed by atoms with E-state index in [1.165, 1.54) is 24.5 Å². The van der Waals surface area contributed by atoms with Crippen LogP contribution in [-0.4, -0.2) is 34.7 Å². The summed E-state index contributed by atoms with van der Waals surface area (Å²) < 4.78 is 71.4. The Morgan fingerprint density at radius 2 is 1.68 bits per heavy atom. The first kappa shape index (κ1) is 32.5. The molecule has 1 N–H and O–H groups in total. The summed E-state index contributed by atoms with van der Waals surface area (Å²) in [4.78, 5) is 18.4. The molecule has 0 aliphatic carbocycles. The Hall–Kier alpha value is -6.02. The van der Waals surface area contributed by atoms with Crippen molar-refractivity contribution in [3.05, 3.63) is 119 Å². The van der Waals surface area contributed by atoms with E-state index in [-0.39, 0.29) is 24.5 Å². The van der Waals surface area contributed by atoms with Gasteiger partial charge in [-0.25, -0.2) is 9.50 Å². The molecule has 0 saturated heterocycles. The van der Waals surface area contributed by atoms with Crippen LogP contribution in [0.1, 0.15) is 27.0 Å². The first-order valence-electron chi connectivity index (χ1n) is 15.1. The topological polar surface area (TPSA) is 109 Å². The Morgan fingerprint density at radius 1 is 0.880 bits per heavy atom. The van der Waals surface area contributed by atoms with Crippen molar-refractivity contribution in [2.24, 2.45) is 0 Å². The number of fused-ring (bicyclic) bond motifs is 2. The van der Waals surface area contributed by atoms with Crippen LogP contribution in [0, 0.1) is 0 Å². The van der Waals surface area contributed by atoms with Crippen molar-refractivity contribution < 1.29 is 41.3 Å². The van der Waals surface area contributed by atoms with E-state index >= 15 is 0 Å². The number of anilines is 1. The molecule has 3 aromatic heterocycles. The number of rotatable bonds is 11. The van der Waals surface area contributed by atoms with Crippen molar-refractivity contribution in [1.29, 1.82) is 0 Å². The summed E-state index contributed by atoms with van der Waals surface area (Å²) in [5.74, 6) is 0.693. The number of carbonyl (C=O) groups is 1. The molecule has 254 valence electrons. The van der Waals surface area contributed by atoms with Crippen LogP contribution in [0.25, 0.3) is 27.4 Å². The number of alkyl halides is 3. The number of nitrogens with zero attached hydrogens (tertiary/aromatic N) is 3. The normalized spacial score (nSPS) is 11.5. The molecule has 1 amide bonds. The summed E-state index contributed by atoms with van der Waals surface area (Å²) in [6.07, 6.45) is -2.94. The first-order valence-corrected chi connectivity index (χ1v) is 15.9. The number of methoxy groups -OCH3 is 2. The highest BCUT2D eigenvalue weighted by Crippen LogP contribution is 2.38. The molecule has 0 aliphatic heterocycles. The second kappa shape index (κ2) is 13.5. The fourth-order valence-electron chi connectivity index (χ4n) is 5.15. The molecule has 7 rings (SSSR count). The predicted octanol–water partition coefficient (Wildman–Crippen LogP) is 8.65. The zero-order valence-electron chi connectivity index (χ0n) is 26.5. The van der Waals surface area contributed by atoms with Crippen LogP contribution in [0.3, 0.4) is 0 Å². The average Bonchev–Trinajstić information content (AvgIpc) is 3.83. The molecule has 0 atom stereocenters. The number of halogens is 3. The van der Waals surface area contributed by atoms with Crippen molar-refractivity contribution in [3.8, 4) is 33.9 Å². The number of furan rings is 1. The second-order valence-electron chi connectivity index (χ2n) is 11.0. The van der Waals surface area contributed by atoms with Crippen molar-refractivity contribution >= 4 is 38.9 Å². The number of imidazole rings is 1. The molecule has 0 saturated carbocycles. The largest absolute Gasteiger partial charge is 0.496 e. The third kappa shape index (κ3) is 7.05. The van der Waals surface area contributed by atoms with Crippen LogP contribution in [0.2, 0.25) is 0 Å². The molecule has 50 heavy (non-hydrogen) atoms. The van der Waals surface area contributed by atoms with Gasteiger partial charge in [-0.1, -0.05) is 42.5 Å². The van der Waals surface area contributed by atoms with Crippen LogP contribution in [0.5, 0.6) is 22.4 Å². The summed E-state index contributed by atoms with van der Waals surface area (Å²) in [7, 11) is 3.08. The average molecular weight is 701 g/mol. The van der Waals surface area contributed by atoms with Gasteiger partial charge in [0, 0.05) is 23.4 Å². The molecule has 7 aromatic rings. The monoisotopic (exact) mass is 700 g/mol. The smallest absolute Gasteiger partial charge is 0.416 e. The standard InChI is InChI=1S/C36H27F3N4O6S/c1-45-26-15-30(28-17-32(49-31(28)16-26)29-18-43-34(41-29)50-35(42-43)46-2)48-20-22-9-6-10-25(11-22)40-33(44)23-12-24(36(37,38)39)14-27(13-23)47-19-21-7-4-3-5-8-21/h3-18H,19-20H2,1-2H3,(H,40,44). The van der Waals surface area contributed by atoms with Gasteiger partial charge >= 0.3 is 6.18 Å². The number of nitrogens with one attached hydrogen (secondary N) is 1. The zero-order chi connectivity index (χ0) is 34.8. The Bertz CT molecular complexity index is 2280. The van der Waals surface area contributed by atoms with E-state index < -0.39 is 17.6 Å². The Morgan fingerprint density at radius 3 is 2.44 bits per heavy atom. The molecule has 0 radical (unpaired) electrons. The molecule has 0 bridgehead atoms. The minimum atomic E-state index is -4.68. The summed E-state index contributed by atoms with van der Waals surface area (Å²) >= 11 is 1.30. The summed E-state index contributed by atoms with van der Waals surface area (Å²) in [6, 6.07) is 24.1. The summed E-state index contributed by atoms with van der Waals surface area (Å²) in [5, 5.41) is 8.16. The van der Waals surface area contributed by atoms with Crippen LogP contribution in [-0.2, 0) is 19.4 Å². The second-order valence-corrected chi connectivity index (χ2v) is 12.0. The third-order valence-electron chi connectivity index (χ3n) is 7.58. The van der Waals surface area contributed by atoms with E-state index in [0.717, 1.165) is 17.7 Å². The lowest BCUT2D eigenvalue weighted by molar-refractivity contribution is -0.137. The molecule has 4 aromatic carbocycles. The first-order chi connectivity index (χ1) is 24.1. The lowest BCUT2D eigenvalue weighted by atomic mass is 10.1. The fourth-order valence-corrected chi connectivity index (χ4v) is 5.85. The van der Waals surface area contributed by atoms with Crippen LogP contribution in [0.15, 0.2) is 102 Å². The highest BCUT2D eigenvalue weighted by atomic mass is 32.1. The quantitative estimate of drug-likeness (QED) is 0.143. The molecule has 10 nitrogen and oxygen atoms in total. The van der Waals surface area contributed by atoms with Gasteiger partial charge in [-0.3, -0.25) is 4.79 Å². The van der Waals surface area contributed by atoms with Gasteiger partial charge in [0.1, 0.15) is 41.7 Å². The lowest BCUT2D eigenvalue weighted by Crippen LogP contribution is -2.15. The third-order valence-corrected chi connectivity index (χ3v) is 8.47. The number of benzene rings is 4. The minimum absolute atomic E-state index is 0.0419. The molecule has 14 heteroatoms. The van der Waals surface area contributed by atoms with E-state index in [9.17, 15) is 18.0 Å². The number of aromatic nitrogens is 3. The minimum Gasteiger partial charge on any atom is -0.496 e. The number of amides is 1. The van der Waals surface area contributed by atoms with Gasteiger partial charge in [0.25, 0.3) is 11.1 Å². The SMILES string of the molecule is COc1cc(OCc2cccc(NC(=O)c3cc(OCc4ccccc4)cc(C(F)(F)F)c3)c2)c2cc(-c3cn4nc(OC)sc4n3)oc2c1. The van der Waals surface area contributed by atoms with Crippen LogP contribution in [0.4, 0.5) is 18.9 Å². The Kier molecular flexibility index (Phi) is 8.76. The Balaban J connectivity index is 1.08. The molecule has 0 aliphatic rings. The van der Waals surface area contributed by atoms with E-state index in [1.807, 2.05) is 12.1 Å². The number of ether oxygens (including phenoxy) is 4. The van der Waals surface area contributed by atoms with Gasteiger partial charge in [0.2, 0.25) is 4.96 Å². The van der Waals surface area contributed by atoms with E-state index in [1.54, 1.807) is 78.5 Å². The lowest BCUT2D eigenvalue weighted by Gasteiger charge is -2.14. The van der Waals surface area contributed by atoms with Crippen LogP contribution >= 0.6 is 11.3 Å². The van der Waals surface area contributed by atoms with Crippen molar-refractivity contribution in [3.63, 3.8) is 0 Å². The molecule has 0 unspecified atom stereocenters. The van der Waals surface area contributed by atoms with Crippen molar-refractivity contribution in [1.82, 2.24) is 14.6 Å². The molecular weight excluding hydrogens is 673 g/mol. The maximum absolute atomic E-state index is 13.7. The predicted molar refractivity (Wildman–Crippen MR) is 180 cm³/mol. The zero-order valence-corrected chi connectivity index (χ0v) is 27.3. The number of hydrogen-bond acceptors (Lipinski definition) is 9. The van der Waals surface area contributed by atoms with Gasteiger partial charge < -0.3 is 28.7 Å². The van der Waals surface area contributed by atoms with E-state index in [0.29, 0.717) is 55.3 Å². The van der Waals surface area contributed by atoms with Crippen LogP contribution < -0.4 is 24.3 Å².